The van der Waals surface area contributed by atoms with Crippen LogP contribution in [0.3, 0.4) is 0 Å². The summed E-state index contributed by atoms with van der Waals surface area (Å²) < 4.78 is 48.2. The van der Waals surface area contributed by atoms with Crippen LogP contribution in [0.5, 0.6) is 0 Å². The van der Waals surface area contributed by atoms with E-state index in [4.69, 9.17) is 26.6 Å². The molecule has 0 radical (unpaired) electrons. The molecule has 98 valence electrons. The molecule has 0 aromatic carbocycles. The van der Waals surface area contributed by atoms with Crippen LogP contribution in [0.1, 0.15) is 19.8 Å². The first-order valence-corrected chi connectivity index (χ1v) is 5.79. The SMILES string of the molecule is C[C@H](C=O)CCC=O.O=S([O-])O.O=S([O-])O.[Na+].[Na+]. The van der Waals surface area contributed by atoms with E-state index in [9.17, 15) is 9.59 Å². The summed E-state index contributed by atoms with van der Waals surface area (Å²) in [7, 11) is 0. The molecule has 0 aliphatic heterocycles. The van der Waals surface area contributed by atoms with E-state index in [0.29, 0.717) is 12.8 Å². The minimum Gasteiger partial charge on any atom is -0.750 e. The van der Waals surface area contributed by atoms with Gasteiger partial charge in [0.1, 0.15) is 12.6 Å². The van der Waals surface area contributed by atoms with Crippen molar-refractivity contribution in [1.82, 2.24) is 0 Å². The number of carbonyl (C=O) groups excluding carboxylic acids is 2. The zero-order chi connectivity index (χ0) is 13.6. The van der Waals surface area contributed by atoms with Crippen molar-refractivity contribution >= 4 is 35.3 Å². The third-order valence-corrected chi connectivity index (χ3v) is 0.972. The second-order valence-corrected chi connectivity index (χ2v) is 3.16. The molecule has 0 spiro atoms. The molecule has 0 rings (SSSR count). The smallest absolute Gasteiger partial charge is 0.750 e. The Kier molecular flexibility index (Phi) is 47.5. The van der Waals surface area contributed by atoms with Gasteiger partial charge in [-0.15, -0.1) is 0 Å². The summed E-state index contributed by atoms with van der Waals surface area (Å²) in [6.45, 7) is 1.80. The van der Waals surface area contributed by atoms with Crippen LogP contribution in [0.2, 0.25) is 0 Å². The monoisotopic (exact) mass is 322 g/mol. The number of hydrogen-bond donors (Lipinski definition) is 2. The predicted octanol–water partition coefficient (Wildman–Crippen LogP) is -6.51. The van der Waals surface area contributed by atoms with Crippen LogP contribution in [0.15, 0.2) is 0 Å². The summed E-state index contributed by atoms with van der Waals surface area (Å²) in [5.74, 6) is 0.0419. The minimum absolute atomic E-state index is 0. The van der Waals surface area contributed by atoms with Crippen molar-refractivity contribution in [3.05, 3.63) is 0 Å². The quantitative estimate of drug-likeness (QED) is 0.294. The van der Waals surface area contributed by atoms with Gasteiger partial charge in [0.05, 0.1) is 22.7 Å². The van der Waals surface area contributed by atoms with Crippen LogP contribution >= 0.6 is 0 Å². The second kappa shape index (κ2) is 26.9. The van der Waals surface area contributed by atoms with E-state index in [1.54, 1.807) is 6.92 Å². The van der Waals surface area contributed by atoms with Gasteiger partial charge in [-0.25, -0.2) is 8.42 Å². The zero-order valence-electron chi connectivity index (χ0n) is 10.3. The van der Waals surface area contributed by atoms with Gasteiger partial charge in [0.25, 0.3) is 0 Å². The molecule has 18 heavy (non-hydrogen) atoms. The molecule has 0 aromatic rings. The Bertz CT molecular complexity index is 208. The average molecular weight is 322 g/mol. The summed E-state index contributed by atoms with van der Waals surface area (Å²) in [5, 5.41) is 0. The number of hydrogen-bond acceptors (Lipinski definition) is 6. The molecule has 0 saturated carbocycles. The molecule has 8 nitrogen and oxygen atoms in total. The van der Waals surface area contributed by atoms with Crippen molar-refractivity contribution in [2.75, 3.05) is 0 Å². The fourth-order valence-corrected chi connectivity index (χ4v) is 0.399. The predicted molar refractivity (Wildman–Crippen MR) is 53.6 cm³/mol. The molecule has 0 fully saturated rings. The molecule has 12 heteroatoms. The maximum absolute atomic E-state index is 9.89. The Labute approximate surface area is 154 Å². The van der Waals surface area contributed by atoms with Crippen molar-refractivity contribution in [1.29, 1.82) is 0 Å². The van der Waals surface area contributed by atoms with Crippen molar-refractivity contribution in [2.24, 2.45) is 5.92 Å². The van der Waals surface area contributed by atoms with Gasteiger partial charge in [-0.05, 0) is 6.42 Å². The first-order chi connectivity index (χ1) is 7.27. The van der Waals surface area contributed by atoms with E-state index < -0.39 is 22.7 Å². The van der Waals surface area contributed by atoms with Gasteiger partial charge in [-0.2, -0.15) is 0 Å². The third-order valence-electron chi connectivity index (χ3n) is 0.972. The van der Waals surface area contributed by atoms with E-state index in [-0.39, 0.29) is 65.0 Å². The second-order valence-electron chi connectivity index (χ2n) is 2.29. The fraction of sp³-hybridized carbons (Fsp3) is 0.667. The molecule has 3 atom stereocenters. The molecule has 0 heterocycles. The standard InChI is InChI=1S/C6H10O2.2Na.2H2O3S/c1-6(5-8)3-2-4-7;;;2*1-4(2)3/h4-6H,2-3H2,1H3;;;2*(H2,1,2,3)/q;2*+1;;/p-2/t6-;;;;/m0..../s1. The molecule has 0 aliphatic carbocycles. The maximum Gasteiger partial charge on any atom is 1.00 e. The van der Waals surface area contributed by atoms with E-state index in [1.807, 2.05) is 0 Å². The third kappa shape index (κ3) is 84.9. The van der Waals surface area contributed by atoms with Crippen molar-refractivity contribution < 1.29 is 95.3 Å². The fourth-order valence-electron chi connectivity index (χ4n) is 0.399. The van der Waals surface area contributed by atoms with E-state index >= 15 is 0 Å². The van der Waals surface area contributed by atoms with Crippen LogP contribution in [0.25, 0.3) is 0 Å². The minimum atomic E-state index is -2.86. The van der Waals surface area contributed by atoms with Gasteiger partial charge >= 0.3 is 59.1 Å². The molecule has 0 amide bonds. The van der Waals surface area contributed by atoms with Crippen LogP contribution < -0.4 is 59.1 Å². The largest absolute Gasteiger partial charge is 1.00 e. The summed E-state index contributed by atoms with van der Waals surface area (Å²) in [6.07, 6.45) is 2.89. The number of carbonyl (C=O) groups is 2. The van der Waals surface area contributed by atoms with Crippen LogP contribution in [-0.4, -0.2) is 39.2 Å². The van der Waals surface area contributed by atoms with Crippen LogP contribution in [0.4, 0.5) is 0 Å². The summed E-state index contributed by atoms with van der Waals surface area (Å²) in [5.41, 5.74) is 0. The maximum atomic E-state index is 9.89. The van der Waals surface area contributed by atoms with Crippen molar-refractivity contribution in [3.8, 4) is 0 Å². The topological polar surface area (TPSA) is 155 Å². The summed E-state index contributed by atoms with van der Waals surface area (Å²) in [6, 6.07) is 0. The molecule has 0 aliphatic rings. The number of rotatable bonds is 4. The molecule has 0 bridgehead atoms. The molecular weight excluding hydrogens is 310 g/mol. The Balaban J connectivity index is -0.0000000489. The molecule has 2 unspecified atom stereocenters. The van der Waals surface area contributed by atoms with Gasteiger partial charge in [-0.1, -0.05) is 6.92 Å². The van der Waals surface area contributed by atoms with Crippen molar-refractivity contribution in [2.45, 2.75) is 19.8 Å². The zero-order valence-corrected chi connectivity index (χ0v) is 15.9. The molecule has 0 aromatic heterocycles. The summed E-state index contributed by atoms with van der Waals surface area (Å²) in [4.78, 5) is 19.6. The molecule has 0 saturated heterocycles. The normalized spacial score (nSPS) is 12.5. The Morgan fingerprint density at radius 1 is 1.11 bits per heavy atom. The van der Waals surface area contributed by atoms with Gasteiger partial charge in [0.15, 0.2) is 0 Å². The van der Waals surface area contributed by atoms with Crippen LogP contribution in [-0.2, 0) is 32.3 Å². The van der Waals surface area contributed by atoms with E-state index in [0.717, 1.165) is 12.6 Å². The van der Waals surface area contributed by atoms with Gasteiger partial charge in [0.2, 0.25) is 0 Å². The van der Waals surface area contributed by atoms with E-state index in [1.165, 1.54) is 0 Å². The number of aldehydes is 2. The van der Waals surface area contributed by atoms with Crippen molar-refractivity contribution in [3.63, 3.8) is 0 Å². The average Bonchev–Trinajstić information content (AvgIpc) is 2.12. The van der Waals surface area contributed by atoms with Gasteiger partial charge < -0.3 is 27.8 Å². The first kappa shape index (κ1) is 31.7. The Morgan fingerprint density at radius 3 is 1.56 bits per heavy atom. The van der Waals surface area contributed by atoms with Gasteiger partial charge in [-0.3, -0.25) is 0 Å². The first-order valence-electron chi connectivity index (χ1n) is 3.73. The van der Waals surface area contributed by atoms with E-state index in [2.05, 4.69) is 0 Å². The van der Waals surface area contributed by atoms with Crippen LogP contribution in [0, 0.1) is 5.92 Å². The van der Waals surface area contributed by atoms with Gasteiger partial charge in [0, 0.05) is 12.3 Å². The summed E-state index contributed by atoms with van der Waals surface area (Å²) >= 11 is -5.72. The Hall–Kier alpha value is 1.48. The Morgan fingerprint density at radius 2 is 1.39 bits per heavy atom. The molecular formula is C6H12Na2O8S2. The molecule has 2 N–H and O–H groups in total.